The summed E-state index contributed by atoms with van der Waals surface area (Å²) in [5.41, 5.74) is 7.06. The second kappa shape index (κ2) is 18.2. The normalized spacial score (nSPS) is 17.0. The number of nitrogens with zero attached hydrogens (tertiary/aromatic N) is 3. The van der Waals surface area contributed by atoms with Crippen LogP contribution in [0.4, 0.5) is 15.3 Å². The fourth-order valence-electron chi connectivity index (χ4n) is 4.35. The Balaban J connectivity index is 0.00000151. The standard InChI is InChI=1S/C26H39N7O6.C2H4O2/c1-32(2)17-15-29-26(37)39-31-23(27)18-8-10-19(11-9-18)33-16-13-21(24(33)35)30-25(36)28-14-12-22(34)38-20-6-4-3-5-7-20;1-2(3)4/h8-11,20-21H,3-7,12-17H2,1-2H3,(H2,27,31)(H,29,37)(H2,28,30,36);1H3,(H,3,4)/t21-;/m0./s1. The molecule has 0 aromatic heterocycles. The quantitative estimate of drug-likeness (QED) is 0.0805. The predicted molar refractivity (Wildman–Crippen MR) is 158 cm³/mol. The number of oxime groups is 1. The third-order valence-electron chi connectivity index (χ3n) is 6.51. The molecule has 3 rings (SSSR count). The maximum absolute atomic E-state index is 12.9. The number of anilines is 1. The minimum absolute atomic E-state index is 0.0101. The number of aliphatic carboxylic acids is 1. The van der Waals surface area contributed by atoms with Crippen molar-refractivity contribution in [3.05, 3.63) is 29.8 Å². The minimum atomic E-state index is -0.833. The van der Waals surface area contributed by atoms with Crippen LogP contribution in [0.25, 0.3) is 0 Å². The molecule has 1 aliphatic carbocycles. The number of ether oxygens (including phenoxy) is 1. The number of hydrogen-bond donors (Lipinski definition) is 5. The zero-order valence-electron chi connectivity index (χ0n) is 25.0. The first kappa shape index (κ1) is 34.8. The number of rotatable bonds is 11. The molecule has 1 aromatic carbocycles. The van der Waals surface area contributed by atoms with Gasteiger partial charge in [0.25, 0.3) is 5.97 Å². The molecule has 6 N–H and O–H groups in total. The highest BCUT2D eigenvalue weighted by Gasteiger charge is 2.33. The summed E-state index contributed by atoms with van der Waals surface area (Å²) in [5.74, 6) is -1.39. The van der Waals surface area contributed by atoms with Crippen molar-refractivity contribution in [1.29, 1.82) is 0 Å². The number of urea groups is 1. The summed E-state index contributed by atoms with van der Waals surface area (Å²) in [4.78, 5) is 66.0. The van der Waals surface area contributed by atoms with Gasteiger partial charge in [0, 0.05) is 44.4 Å². The van der Waals surface area contributed by atoms with Crippen LogP contribution in [-0.4, -0.2) is 98.2 Å². The van der Waals surface area contributed by atoms with E-state index in [0.29, 0.717) is 37.3 Å². The SMILES string of the molecule is CC(=O)O.CN(C)CCNC(=O)O/N=C(\N)c1ccc(N2CC[C@H](NC(=O)NCCC(=O)OC3CCCCC3)C2=O)cc1. The van der Waals surface area contributed by atoms with E-state index < -0.39 is 24.1 Å². The molecule has 2 aliphatic rings. The van der Waals surface area contributed by atoms with E-state index in [9.17, 15) is 19.2 Å². The number of hydrogen-bond acceptors (Lipinski definition) is 9. The van der Waals surface area contributed by atoms with Crippen LogP contribution in [0.1, 0.15) is 57.4 Å². The number of nitrogens with two attached hydrogens (primary N) is 1. The summed E-state index contributed by atoms with van der Waals surface area (Å²) in [7, 11) is 3.77. The molecular weight excluding hydrogens is 562 g/mol. The Morgan fingerprint density at radius 3 is 2.33 bits per heavy atom. The van der Waals surface area contributed by atoms with E-state index in [1.165, 1.54) is 6.42 Å². The van der Waals surface area contributed by atoms with Crippen molar-refractivity contribution < 1.29 is 38.7 Å². The van der Waals surface area contributed by atoms with Gasteiger partial charge in [0.1, 0.15) is 12.1 Å². The van der Waals surface area contributed by atoms with Crippen LogP contribution in [0.3, 0.4) is 0 Å². The van der Waals surface area contributed by atoms with E-state index in [4.69, 9.17) is 25.2 Å². The molecule has 1 atom stereocenters. The lowest BCUT2D eigenvalue weighted by Gasteiger charge is -2.21. The van der Waals surface area contributed by atoms with Crippen LogP contribution >= 0.6 is 0 Å². The van der Waals surface area contributed by atoms with E-state index >= 15 is 0 Å². The number of esters is 1. The summed E-state index contributed by atoms with van der Waals surface area (Å²) in [5, 5.41) is 18.9. The molecule has 0 unspecified atom stereocenters. The van der Waals surface area contributed by atoms with E-state index in [1.807, 2.05) is 19.0 Å². The van der Waals surface area contributed by atoms with Gasteiger partial charge in [-0.15, -0.1) is 0 Å². The monoisotopic (exact) mass is 605 g/mol. The summed E-state index contributed by atoms with van der Waals surface area (Å²) in [6, 6.07) is 5.54. The minimum Gasteiger partial charge on any atom is -0.481 e. The van der Waals surface area contributed by atoms with Crippen molar-refractivity contribution in [2.45, 2.75) is 64.0 Å². The molecule has 0 bridgehead atoms. The van der Waals surface area contributed by atoms with Crippen LogP contribution in [0.15, 0.2) is 29.4 Å². The van der Waals surface area contributed by atoms with Crippen molar-refractivity contribution >= 4 is 41.5 Å². The van der Waals surface area contributed by atoms with Gasteiger partial charge in [-0.1, -0.05) is 11.6 Å². The van der Waals surface area contributed by atoms with E-state index in [1.54, 1.807) is 29.2 Å². The lowest BCUT2D eigenvalue weighted by Crippen LogP contribution is -2.46. The van der Waals surface area contributed by atoms with Gasteiger partial charge in [0.05, 0.1) is 6.42 Å². The first-order valence-corrected chi connectivity index (χ1v) is 14.2. The second-order valence-electron chi connectivity index (χ2n) is 10.4. The predicted octanol–water partition coefficient (Wildman–Crippen LogP) is 1.36. The van der Waals surface area contributed by atoms with Gasteiger partial charge in [-0.25, -0.2) is 9.59 Å². The largest absolute Gasteiger partial charge is 0.481 e. The number of likely N-dealkylation sites (N-methyl/N-ethyl adjacent to an activating group) is 1. The third-order valence-corrected chi connectivity index (χ3v) is 6.51. The number of amidine groups is 1. The Kier molecular flexibility index (Phi) is 14.7. The van der Waals surface area contributed by atoms with Crippen molar-refractivity contribution in [2.24, 2.45) is 10.9 Å². The number of nitrogens with one attached hydrogen (secondary N) is 3. The average Bonchev–Trinajstić information content (AvgIpc) is 3.31. The molecule has 1 saturated carbocycles. The second-order valence-corrected chi connectivity index (χ2v) is 10.4. The van der Waals surface area contributed by atoms with Gasteiger partial charge in [-0.3, -0.25) is 19.2 Å². The molecule has 2 fully saturated rings. The molecule has 1 heterocycles. The van der Waals surface area contributed by atoms with Crippen LogP contribution in [0.5, 0.6) is 0 Å². The highest BCUT2D eigenvalue weighted by Crippen LogP contribution is 2.22. The van der Waals surface area contributed by atoms with Crippen molar-refractivity contribution in [2.75, 3.05) is 45.2 Å². The maximum Gasteiger partial charge on any atom is 0.433 e. The number of benzene rings is 1. The van der Waals surface area contributed by atoms with Gasteiger partial charge in [0.2, 0.25) is 5.91 Å². The molecule has 0 radical (unpaired) electrons. The topological polar surface area (TPSA) is 205 Å². The Morgan fingerprint density at radius 2 is 1.70 bits per heavy atom. The first-order valence-electron chi connectivity index (χ1n) is 14.2. The number of amides is 4. The summed E-state index contributed by atoms with van der Waals surface area (Å²) in [6.45, 7) is 2.71. The van der Waals surface area contributed by atoms with Crippen LogP contribution in [0.2, 0.25) is 0 Å². The number of carboxylic acids is 1. The Morgan fingerprint density at radius 1 is 1.05 bits per heavy atom. The van der Waals surface area contributed by atoms with E-state index in [0.717, 1.165) is 32.6 Å². The van der Waals surface area contributed by atoms with Crippen molar-refractivity contribution in [3.8, 4) is 0 Å². The molecule has 15 nitrogen and oxygen atoms in total. The van der Waals surface area contributed by atoms with Crippen LogP contribution < -0.4 is 26.6 Å². The lowest BCUT2D eigenvalue weighted by atomic mass is 9.98. The molecule has 238 valence electrons. The van der Waals surface area contributed by atoms with Gasteiger partial charge in [0.15, 0.2) is 5.84 Å². The third kappa shape index (κ3) is 13.4. The van der Waals surface area contributed by atoms with Gasteiger partial charge in [-0.05, 0) is 70.5 Å². The van der Waals surface area contributed by atoms with E-state index in [-0.39, 0.29) is 36.8 Å². The van der Waals surface area contributed by atoms with Gasteiger partial charge in [-0.2, -0.15) is 0 Å². The Hall–Kier alpha value is -4.40. The van der Waals surface area contributed by atoms with Gasteiger partial charge >= 0.3 is 18.1 Å². The molecule has 0 spiro atoms. The zero-order chi connectivity index (χ0) is 31.8. The molecule has 1 aromatic rings. The lowest BCUT2D eigenvalue weighted by molar-refractivity contribution is -0.150. The Bertz CT molecular complexity index is 1120. The smallest absolute Gasteiger partial charge is 0.433 e. The van der Waals surface area contributed by atoms with Gasteiger partial charge < -0.3 is 41.3 Å². The fourth-order valence-corrected chi connectivity index (χ4v) is 4.35. The number of carbonyl (C=O) groups excluding carboxylic acids is 4. The fraction of sp³-hybridized carbons (Fsp3) is 0.571. The highest BCUT2D eigenvalue weighted by molar-refractivity contribution is 6.02. The van der Waals surface area contributed by atoms with Crippen LogP contribution in [0, 0.1) is 0 Å². The maximum atomic E-state index is 12.9. The van der Waals surface area contributed by atoms with Crippen molar-refractivity contribution in [3.63, 3.8) is 0 Å². The molecule has 1 saturated heterocycles. The molecule has 15 heteroatoms. The first-order chi connectivity index (χ1) is 20.5. The zero-order valence-corrected chi connectivity index (χ0v) is 25.0. The molecule has 4 amide bonds. The molecular formula is C28H43N7O8. The highest BCUT2D eigenvalue weighted by atomic mass is 16.7. The average molecular weight is 606 g/mol. The van der Waals surface area contributed by atoms with E-state index in [2.05, 4.69) is 21.1 Å². The summed E-state index contributed by atoms with van der Waals surface area (Å²) < 4.78 is 5.44. The van der Waals surface area contributed by atoms with Crippen molar-refractivity contribution in [1.82, 2.24) is 20.9 Å². The summed E-state index contributed by atoms with van der Waals surface area (Å²) >= 11 is 0. The summed E-state index contributed by atoms with van der Waals surface area (Å²) in [6.07, 6.45) is 4.92. The number of carboxylic acid groups (broad SMARTS) is 1. The number of carbonyl (C=O) groups is 5. The molecule has 1 aliphatic heterocycles. The van der Waals surface area contributed by atoms with Crippen LogP contribution in [-0.2, 0) is 24.0 Å². The molecule has 43 heavy (non-hydrogen) atoms. The Labute approximate surface area is 251 Å².